The third-order valence-corrected chi connectivity index (χ3v) is 5.43. The van der Waals surface area contributed by atoms with Gasteiger partial charge in [-0.15, -0.1) is 0 Å². The second kappa shape index (κ2) is 10.2. The van der Waals surface area contributed by atoms with Crippen molar-refractivity contribution >= 4 is 23.4 Å². The van der Waals surface area contributed by atoms with Crippen LogP contribution in [0.15, 0.2) is 48.5 Å². The van der Waals surface area contributed by atoms with E-state index in [0.717, 1.165) is 24.1 Å². The van der Waals surface area contributed by atoms with E-state index >= 15 is 0 Å². The summed E-state index contributed by atoms with van der Waals surface area (Å²) in [5, 5.41) is 5.57. The molecule has 1 fully saturated rings. The number of hydrogen-bond acceptors (Lipinski definition) is 3. The Kier molecular flexibility index (Phi) is 7.45. The number of amides is 3. The molecule has 0 radical (unpaired) electrons. The highest BCUT2D eigenvalue weighted by molar-refractivity contribution is 5.98. The van der Waals surface area contributed by atoms with E-state index in [1.165, 1.54) is 5.56 Å². The second-order valence-electron chi connectivity index (χ2n) is 8.51. The summed E-state index contributed by atoms with van der Waals surface area (Å²) < 4.78 is 0. The number of rotatable bonds is 8. The fourth-order valence-electron chi connectivity index (χ4n) is 3.77. The van der Waals surface area contributed by atoms with Crippen LogP contribution >= 0.6 is 0 Å². The lowest BCUT2D eigenvalue weighted by molar-refractivity contribution is -0.120. The van der Waals surface area contributed by atoms with Crippen molar-refractivity contribution in [2.24, 2.45) is 5.92 Å². The van der Waals surface area contributed by atoms with E-state index in [1.54, 1.807) is 29.2 Å². The van der Waals surface area contributed by atoms with Gasteiger partial charge in [0.2, 0.25) is 11.8 Å². The fourth-order valence-corrected chi connectivity index (χ4v) is 3.77. The third-order valence-electron chi connectivity index (χ3n) is 5.43. The molecule has 1 aliphatic rings. The van der Waals surface area contributed by atoms with Gasteiger partial charge in [-0.3, -0.25) is 14.4 Å². The van der Waals surface area contributed by atoms with Crippen LogP contribution in [0, 0.1) is 5.92 Å². The first-order chi connectivity index (χ1) is 14.8. The molecule has 2 aromatic rings. The van der Waals surface area contributed by atoms with Crippen LogP contribution in [0.4, 0.5) is 5.69 Å². The zero-order chi connectivity index (χ0) is 22.4. The molecule has 1 atom stereocenters. The van der Waals surface area contributed by atoms with Gasteiger partial charge < -0.3 is 15.5 Å². The highest BCUT2D eigenvalue weighted by Crippen LogP contribution is 2.21. The lowest BCUT2D eigenvalue weighted by atomic mass is 10.00. The summed E-state index contributed by atoms with van der Waals surface area (Å²) in [7, 11) is 0. The Balaban J connectivity index is 1.47. The number of benzene rings is 2. The molecule has 6 heteroatoms. The molecule has 1 saturated heterocycles. The topological polar surface area (TPSA) is 78.5 Å². The minimum absolute atomic E-state index is 0.0963. The number of hydrogen-bond donors (Lipinski definition) is 2. The van der Waals surface area contributed by atoms with E-state index in [9.17, 15) is 14.4 Å². The van der Waals surface area contributed by atoms with Gasteiger partial charge in [0.25, 0.3) is 5.91 Å². The number of nitrogens with zero attached hydrogens (tertiary/aromatic N) is 1. The van der Waals surface area contributed by atoms with Crippen LogP contribution in [0.5, 0.6) is 0 Å². The van der Waals surface area contributed by atoms with Crippen LogP contribution in [0.3, 0.4) is 0 Å². The van der Waals surface area contributed by atoms with Gasteiger partial charge in [-0.05, 0) is 61.1 Å². The Morgan fingerprint density at radius 1 is 1.00 bits per heavy atom. The maximum absolute atomic E-state index is 12.4. The SMILES string of the molecule is CC(C)Cc1ccc([C@H](C)NC(=O)CNC(=O)c2ccc(N3CCCC3=O)cc2)cc1. The first-order valence-corrected chi connectivity index (χ1v) is 10.9. The highest BCUT2D eigenvalue weighted by Gasteiger charge is 2.21. The lowest BCUT2D eigenvalue weighted by Crippen LogP contribution is -2.38. The Hall–Kier alpha value is -3.15. The molecule has 0 saturated carbocycles. The molecule has 6 nitrogen and oxygen atoms in total. The lowest BCUT2D eigenvalue weighted by Gasteiger charge is -2.16. The first-order valence-electron chi connectivity index (χ1n) is 10.9. The van der Waals surface area contributed by atoms with Crippen molar-refractivity contribution in [1.82, 2.24) is 10.6 Å². The predicted molar refractivity (Wildman–Crippen MR) is 122 cm³/mol. The molecule has 1 heterocycles. The molecule has 3 amide bonds. The second-order valence-corrected chi connectivity index (χ2v) is 8.51. The summed E-state index contributed by atoms with van der Waals surface area (Å²) in [5.74, 6) is 0.148. The summed E-state index contributed by atoms with van der Waals surface area (Å²) in [6, 6.07) is 15.0. The minimum atomic E-state index is -0.319. The van der Waals surface area contributed by atoms with E-state index in [-0.39, 0.29) is 30.3 Å². The number of nitrogens with one attached hydrogen (secondary N) is 2. The van der Waals surface area contributed by atoms with Crippen molar-refractivity contribution < 1.29 is 14.4 Å². The molecule has 164 valence electrons. The molecule has 0 spiro atoms. The number of carbonyl (C=O) groups excluding carboxylic acids is 3. The summed E-state index contributed by atoms with van der Waals surface area (Å²) in [6.07, 6.45) is 2.46. The van der Waals surface area contributed by atoms with Gasteiger partial charge in [-0.2, -0.15) is 0 Å². The molecule has 0 unspecified atom stereocenters. The van der Waals surface area contributed by atoms with Crippen molar-refractivity contribution in [2.45, 2.75) is 46.1 Å². The monoisotopic (exact) mass is 421 g/mol. The molecule has 0 bridgehead atoms. The average Bonchev–Trinajstić information content (AvgIpc) is 3.18. The summed E-state index contributed by atoms with van der Waals surface area (Å²) in [6.45, 7) is 6.92. The van der Waals surface area contributed by atoms with Crippen LogP contribution in [0.25, 0.3) is 0 Å². The largest absolute Gasteiger partial charge is 0.348 e. The van der Waals surface area contributed by atoms with Crippen molar-refractivity contribution in [3.8, 4) is 0 Å². The molecular weight excluding hydrogens is 390 g/mol. The summed E-state index contributed by atoms with van der Waals surface area (Å²) >= 11 is 0. The maximum atomic E-state index is 12.4. The summed E-state index contributed by atoms with van der Waals surface area (Å²) in [5.41, 5.74) is 3.56. The Morgan fingerprint density at radius 2 is 1.68 bits per heavy atom. The van der Waals surface area contributed by atoms with E-state index in [1.807, 2.05) is 19.1 Å². The number of anilines is 1. The summed E-state index contributed by atoms with van der Waals surface area (Å²) in [4.78, 5) is 38.2. The van der Waals surface area contributed by atoms with Gasteiger partial charge in [-0.1, -0.05) is 38.1 Å². The van der Waals surface area contributed by atoms with Gasteiger partial charge in [0.1, 0.15) is 0 Å². The van der Waals surface area contributed by atoms with Gasteiger partial charge in [-0.25, -0.2) is 0 Å². The van der Waals surface area contributed by atoms with E-state index in [4.69, 9.17) is 0 Å². The van der Waals surface area contributed by atoms with E-state index in [0.29, 0.717) is 24.4 Å². The fraction of sp³-hybridized carbons (Fsp3) is 0.400. The van der Waals surface area contributed by atoms with Gasteiger partial charge in [0.05, 0.1) is 12.6 Å². The van der Waals surface area contributed by atoms with E-state index < -0.39 is 0 Å². The molecule has 31 heavy (non-hydrogen) atoms. The van der Waals surface area contributed by atoms with Crippen LogP contribution in [-0.4, -0.2) is 30.8 Å². The highest BCUT2D eigenvalue weighted by atomic mass is 16.2. The van der Waals surface area contributed by atoms with Crippen LogP contribution in [-0.2, 0) is 16.0 Å². The maximum Gasteiger partial charge on any atom is 0.251 e. The van der Waals surface area contributed by atoms with Crippen LogP contribution in [0.2, 0.25) is 0 Å². The molecule has 0 aliphatic carbocycles. The smallest absolute Gasteiger partial charge is 0.251 e. The Morgan fingerprint density at radius 3 is 2.26 bits per heavy atom. The molecule has 3 rings (SSSR count). The van der Waals surface area contributed by atoms with Gasteiger partial charge in [0.15, 0.2) is 0 Å². The van der Waals surface area contributed by atoms with Gasteiger partial charge in [0, 0.05) is 24.2 Å². The van der Waals surface area contributed by atoms with Crippen molar-refractivity contribution in [2.75, 3.05) is 18.0 Å². The van der Waals surface area contributed by atoms with Crippen molar-refractivity contribution in [3.05, 3.63) is 65.2 Å². The molecule has 0 aromatic heterocycles. The third kappa shape index (κ3) is 6.17. The van der Waals surface area contributed by atoms with Crippen LogP contribution < -0.4 is 15.5 Å². The molecule has 2 N–H and O–H groups in total. The zero-order valence-electron chi connectivity index (χ0n) is 18.5. The predicted octanol–water partition coefficient (Wildman–Crippen LogP) is 3.62. The van der Waals surface area contributed by atoms with Crippen LogP contribution in [0.1, 0.15) is 61.1 Å². The zero-order valence-corrected chi connectivity index (χ0v) is 18.5. The minimum Gasteiger partial charge on any atom is -0.348 e. The normalized spacial score (nSPS) is 14.6. The standard InChI is InChI=1S/C25H31N3O3/c1-17(2)15-19-6-8-20(9-7-19)18(3)27-23(29)16-26-25(31)21-10-12-22(13-11-21)28-14-4-5-24(28)30/h6-13,17-18H,4-5,14-16H2,1-3H3,(H,26,31)(H,27,29)/t18-/m0/s1. The number of carbonyl (C=O) groups is 3. The Labute approximate surface area is 184 Å². The average molecular weight is 422 g/mol. The molecule has 2 aromatic carbocycles. The van der Waals surface area contributed by atoms with Crippen molar-refractivity contribution in [3.63, 3.8) is 0 Å². The van der Waals surface area contributed by atoms with Gasteiger partial charge >= 0.3 is 0 Å². The Bertz CT molecular complexity index is 920. The van der Waals surface area contributed by atoms with E-state index in [2.05, 4.69) is 36.6 Å². The van der Waals surface area contributed by atoms with Crippen molar-refractivity contribution in [1.29, 1.82) is 0 Å². The quantitative estimate of drug-likeness (QED) is 0.683. The molecule has 1 aliphatic heterocycles. The first kappa shape index (κ1) is 22.5. The molecular formula is C25H31N3O3.